The van der Waals surface area contributed by atoms with Gasteiger partial charge in [0.2, 0.25) is 11.8 Å². The molecule has 226 valence electrons. The van der Waals surface area contributed by atoms with Gasteiger partial charge in [0.1, 0.15) is 18.3 Å². The Kier molecular flexibility index (Phi) is 11.2. The number of benzene rings is 3. The summed E-state index contributed by atoms with van der Waals surface area (Å²) in [6.07, 6.45) is 1.09. The average Bonchev–Trinajstić information content (AvgIpc) is 2.95. The van der Waals surface area contributed by atoms with Crippen molar-refractivity contribution in [2.24, 2.45) is 0 Å². The van der Waals surface area contributed by atoms with E-state index in [0.29, 0.717) is 17.9 Å². The maximum absolute atomic E-state index is 14.3. The van der Waals surface area contributed by atoms with Crippen molar-refractivity contribution in [1.29, 1.82) is 0 Å². The lowest BCUT2D eigenvalue weighted by Crippen LogP contribution is -2.53. The first-order valence-electron chi connectivity index (χ1n) is 14.3. The molecule has 9 heteroatoms. The van der Waals surface area contributed by atoms with Crippen molar-refractivity contribution in [3.05, 3.63) is 89.0 Å². The molecule has 3 aromatic carbocycles. The number of methoxy groups -OCH3 is 1. The van der Waals surface area contributed by atoms with Crippen LogP contribution in [0.25, 0.3) is 0 Å². The van der Waals surface area contributed by atoms with Crippen LogP contribution in [0.3, 0.4) is 0 Å². The Morgan fingerprint density at radius 3 is 2.10 bits per heavy atom. The van der Waals surface area contributed by atoms with Crippen molar-refractivity contribution in [2.45, 2.75) is 77.9 Å². The second-order valence-electron chi connectivity index (χ2n) is 10.8. The fourth-order valence-corrected chi connectivity index (χ4v) is 6.19. The Labute approximate surface area is 250 Å². The number of aryl methyl sites for hydroxylation is 3. The van der Waals surface area contributed by atoms with Gasteiger partial charge in [0.25, 0.3) is 10.0 Å². The third-order valence-corrected chi connectivity index (χ3v) is 9.04. The van der Waals surface area contributed by atoms with Crippen molar-refractivity contribution < 1.29 is 22.7 Å². The number of hydrogen-bond acceptors (Lipinski definition) is 5. The number of anilines is 1. The standard InChI is InChI=1S/C33H43N3O5S/c1-8-26(6)34-33(38)31(9-2)35(21-27-11-10-12-29(20-27)41-7)32(37)22-36(28-18-24(4)17-25(5)19-28)42(39,40)30-15-13-23(3)14-16-30/h10-20,26,31H,8-9,21-22H2,1-7H3,(H,34,38)/t26-,31-/m1/s1. The highest BCUT2D eigenvalue weighted by molar-refractivity contribution is 7.92. The van der Waals surface area contributed by atoms with Crippen LogP contribution in [0, 0.1) is 20.8 Å². The summed E-state index contributed by atoms with van der Waals surface area (Å²) in [6, 6.07) is 18.4. The van der Waals surface area contributed by atoms with Gasteiger partial charge >= 0.3 is 0 Å². The van der Waals surface area contributed by atoms with Crippen LogP contribution >= 0.6 is 0 Å². The maximum atomic E-state index is 14.3. The molecule has 8 nitrogen and oxygen atoms in total. The van der Waals surface area contributed by atoms with Crippen LogP contribution < -0.4 is 14.4 Å². The molecule has 0 aliphatic carbocycles. The van der Waals surface area contributed by atoms with Crippen molar-refractivity contribution >= 4 is 27.5 Å². The average molecular weight is 594 g/mol. The van der Waals surface area contributed by atoms with E-state index >= 15 is 0 Å². The first-order chi connectivity index (χ1) is 19.9. The van der Waals surface area contributed by atoms with E-state index in [2.05, 4.69) is 5.32 Å². The Morgan fingerprint density at radius 1 is 0.881 bits per heavy atom. The molecule has 0 aliphatic rings. The summed E-state index contributed by atoms with van der Waals surface area (Å²) in [5, 5.41) is 3.00. The minimum Gasteiger partial charge on any atom is -0.497 e. The van der Waals surface area contributed by atoms with E-state index < -0.39 is 28.5 Å². The number of nitrogens with zero attached hydrogens (tertiary/aromatic N) is 2. The van der Waals surface area contributed by atoms with Crippen LogP contribution in [0.4, 0.5) is 5.69 Å². The highest BCUT2D eigenvalue weighted by atomic mass is 32.2. The van der Waals surface area contributed by atoms with Crippen molar-refractivity contribution in [1.82, 2.24) is 10.2 Å². The molecular formula is C33H43N3O5S. The van der Waals surface area contributed by atoms with Crippen molar-refractivity contribution in [2.75, 3.05) is 18.0 Å². The molecule has 3 aromatic rings. The van der Waals surface area contributed by atoms with Gasteiger partial charge in [0, 0.05) is 12.6 Å². The lowest BCUT2D eigenvalue weighted by Gasteiger charge is -2.34. The molecule has 0 spiro atoms. The van der Waals surface area contributed by atoms with E-state index in [9.17, 15) is 18.0 Å². The largest absolute Gasteiger partial charge is 0.497 e. The number of ether oxygens (including phenoxy) is 1. The van der Waals surface area contributed by atoms with Gasteiger partial charge in [-0.2, -0.15) is 0 Å². The summed E-state index contributed by atoms with van der Waals surface area (Å²) >= 11 is 0. The fraction of sp³-hybridized carbons (Fsp3) is 0.394. The quantitative estimate of drug-likeness (QED) is 0.281. The Hall–Kier alpha value is -3.85. The van der Waals surface area contributed by atoms with Gasteiger partial charge in [-0.1, -0.05) is 49.7 Å². The molecule has 0 aliphatic heterocycles. The highest BCUT2D eigenvalue weighted by Gasteiger charge is 2.34. The van der Waals surface area contributed by atoms with Crippen LogP contribution in [0.5, 0.6) is 5.75 Å². The van der Waals surface area contributed by atoms with Crippen LogP contribution in [0.2, 0.25) is 0 Å². The summed E-state index contributed by atoms with van der Waals surface area (Å²) in [4.78, 5) is 29.3. The maximum Gasteiger partial charge on any atom is 0.264 e. The van der Waals surface area contributed by atoms with Gasteiger partial charge in [0.15, 0.2) is 0 Å². The van der Waals surface area contributed by atoms with Crippen LogP contribution in [0.15, 0.2) is 71.6 Å². The SMILES string of the molecule is CC[C@@H](C)NC(=O)[C@@H](CC)N(Cc1cccc(OC)c1)C(=O)CN(c1cc(C)cc(C)c1)S(=O)(=O)c1ccc(C)cc1. The molecule has 0 aromatic heterocycles. The predicted molar refractivity (Wildman–Crippen MR) is 167 cm³/mol. The number of rotatable bonds is 13. The second-order valence-corrected chi connectivity index (χ2v) is 12.6. The molecule has 0 heterocycles. The van der Waals surface area contributed by atoms with E-state index in [1.165, 1.54) is 4.90 Å². The van der Waals surface area contributed by atoms with E-state index in [-0.39, 0.29) is 23.4 Å². The molecule has 2 atom stereocenters. The first-order valence-corrected chi connectivity index (χ1v) is 15.7. The van der Waals surface area contributed by atoms with E-state index in [4.69, 9.17) is 4.74 Å². The number of carbonyl (C=O) groups excluding carboxylic acids is 2. The summed E-state index contributed by atoms with van der Waals surface area (Å²) in [6.45, 7) is 11.0. The molecule has 0 radical (unpaired) electrons. The van der Waals surface area contributed by atoms with Gasteiger partial charge in [-0.25, -0.2) is 8.42 Å². The molecule has 3 rings (SSSR count). The molecular weight excluding hydrogens is 550 g/mol. The Morgan fingerprint density at radius 2 is 1.52 bits per heavy atom. The molecule has 0 bridgehead atoms. The zero-order valence-electron chi connectivity index (χ0n) is 25.7. The van der Waals surface area contributed by atoms with Gasteiger partial charge in [-0.3, -0.25) is 13.9 Å². The Bertz CT molecular complexity index is 1470. The number of amides is 2. The zero-order chi connectivity index (χ0) is 31.0. The lowest BCUT2D eigenvalue weighted by atomic mass is 10.1. The smallest absolute Gasteiger partial charge is 0.264 e. The monoisotopic (exact) mass is 593 g/mol. The summed E-state index contributed by atoms with van der Waals surface area (Å²) in [5.41, 5.74) is 3.81. The molecule has 0 unspecified atom stereocenters. The summed E-state index contributed by atoms with van der Waals surface area (Å²) in [7, 11) is -2.56. The molecule has 0 saturated heterocycles. The van der Waals surface area contributed by atoms with E-state index in [0.717, 1.165) is 33.0 Å². The Balaban J connectivity index is 2.10. The normalized spacial score (nSPS) is 12.7. The van der Waals surface area contributed by atoms with Gasteiger partial charge < -0.3 is 15.0 Å². The minimum atomic E-state index is -4.13. The van der Waals surface area contributed by atoms with Crippen molar-refractivity contribution in [3.63, 3.8) is 0 Å². The topological polar surface area (TPSA) is 96.0 Å². The number of nitrogens with one attached hydrogen (secondary N) is 1. The van der Waals surface area contributed by atoms with Crippen LogP contribution in [0.1, 0.15) is 55.9 Å². The molecule has 0 fully saturated rings. The molecule has 0 saturated carbocycles. The second kappa shape index (κ2) is 14.4. The lowest BCUT2D eigenvalue weighted by molar-refractivity contribution is -0.140. The fourth-order valence-electron chi connectivity index (χ4n) is 4.79. The van der Waals surface area contributed by atoms with Crippen molar-refractivity contribution in [3.8, 4) is 5.75 Å². The third-order valence-electron chi connectivity index (χ3n) is 7.26. The third kappa shape index (κ3) is 8.12. The molecule has 42 heavy (non-hydrogen) atoms. The van der Waals surface area contributed by atoms with E-state index in [1.807, 2.05) is 65.8 Å². The predicted octanol–water partition coefficient (Wildman–Crippen LogP) is 5.54. The molecule has 2 amide bonds. The van der Waals surface area contributed by atoms with Gasteiger partial charge in [-0.05, 0) is 93.6 Å². The summed E-state index contributed by atoms with van der Waals surface area (Å²) < 4.78 is 34.7. The van der Waals surface area contributed by atoms with Gasteiger partial charge in [-0.15, -0.1) is 0 Å². The summed E-state index contributed by atoms with van der Waals surface area (Å²) in [5.74, 6) is -0.142. The zero-order valence-corrected chi connectivity index (χ0v) is 26.5. The highest BCUT2D eigenvalue weighted by Crippen LogP contribution is 2.27. The van der Waals surface area contributed by atoms with E-state index in [1.54, 1.807) is 49.6 Å². The number of sulfonamides is 1. The van der Waals surface area contributed by atoms with Crippen LogP contribution in [-0.4, -0.2) is 50.9 Å². The van der Waals surface area contributed by atoms with Gasteiger partial charge in [0.05, 0.1) is 17.7 Å². The minimum absolute atomic E-state index is 0.0750. The first kappa shape index (κ1) is 32.7. The number of carbonyl (C=O) groups is 2. The molecule has 1 N–H and O–H groups in total. The van der Waals surface area contributed by atoms with Crippen LogP contribution in [-0.2, 0) is 26.2 Å². The number of hydrogen-bond donors (Lipinski definition) is 1.